The fraction of sp³-hybridized carbons (Fsp3) is 0.308. The third-order valence-electron chi connectivity index (χ3n) is 2.91. The highest BCUT2D eigenvalue weighted by Gasteiger charge is 2.18. The zero-order valence-electron chi connectivity index (χ0n) is 11.6. The van der Waals surface area contributed by atoms with E-state index in [4.69, 9.17) is 4.74 Å². The quantitative estimate of drug-likeness (QED) is 0.745. The van der Waals surface area contributed by atoms with Gasteiger partial charge in [0.15, 0.2) is 0 Å². The van der Waals surface area contributed by atoms with Gasteiger partial charge in [-0.2, -0.15) is 0 Å². The molecule has 1 heterocycles. The van der Waals surface area contributed by atoms with Crippen molar-refractivity contribution in [2.75, 3.05) is 12.9 Å². The van der Waals surface area contributed by atoms with E-state index in [-0.39, 0.29) is 12.2 Å². The molecular weight excluding hydrogens is 296 g/mol. The van der Waals surface area contributed by atoms with Gasteiger partial charge in [-0.25, -0.2) is 17.9 Å². The fourth-order valence-corrected chi connectivity index (χ4v) is 2.46. The molecule has 0 saturated heterocycles. The minimum atomic E-state index is -3.42. The average molecular weight is 312 g/mol. The van der Waals surface area contributed by atoms with E-state index in [1.165, 1.54) is 0 Å². The van der Waals surface area contributed by atoms with E-state index in [0.29, 0.717) is 28.8 Å². The van der Waals surface area contributed by atoms with Crippen molar-refractivity contribution in [3.05, 3.63) is 29.5 Å². The van der Waals surface area contributed by atoms with E-state index in [1.807, 2.05) is 6.92 Å². The van der Waals surface area contributed by atoms with Crippen LogP contribution in [0, 0.1) is 0 Å². The molecule has 1 aromatic carbocycles. The minimum Gasteiger partial charge on any atom is -0.494 e. The molecule has 0 fully saturated rings. The van der Waals surface area contributed by atoms with Crippen LogP contribution in [0.25, 0.3) is 10.9 Å². The van der Waals surface area contributed by atoms with Gasteiger partial charge in [0.25, 0.3) is 0 Å². The van der Waals surface area contributed by atoms with Crippen LogP contribution in [-0.4, -0.2) is 37.3 Å². The van der Waals surface area contributed by atoms with Crippen molar-refractivity contribution < 1.29 is 23.1 Å². The topological polar surface area (TPSA) is 108 Å². The van der Waals surface area contributed by atoms with Gasteiger partial charge in [-0.05, 0) is 25.1 Å². The van der Waals surface area contributed by atoms with Gasteiger partial charge >= 0.3 is 5.97 Å². The maximum absolute atomic E-state index is 11.3. The second-order valence-corrected chi connectivity index (χ2v) is 6.35. The predicted molar refractivity (Wildman–Crippen MR) is 78.1 cm³/mol. The first kappa shape index (κ1) is 15.3. The van der Waals surface area contributed by atoms with Crippen molar-refractivity contribution in [3.8, 4) is 5.75 Å². The Morgan fingerprint density at radius 3 is 2.71 bits per heavy atom. The Balaban J connectivity index is 2.53. The molecule has 0 aliphatic rings. The number of hydrogen-bond acceptors (Lipinski definition) is 4. The third-order valence-corrected chi connectivity index (χ3v) is 3.58. The van der Waals surface area contributed by atoms with Gasteiger partial charge in [-0.3, -0.25) is 0 Å². The summed E-state index contributed by atoms with van der Waals surface area (Å²) in [5.41, 5.74) is 0.959. The number of sulfonamides is 1. The molecule has 3 N–H and O–H groups in total. The summed E-state index contributed by atoms with van der Waals surface area (Å²) in [5.74, 6) is -0.545. The lowest BCUT2D eigenvalue weighted by Crippen LogP contribution is -2.22. The Kier molecular flexibility index (Phi) is 4.19. The molecule has 1 aromatic heterocycles. The highest BCUT2D eigenvalue weighted by Crippen LogP contribution is 2.27. The molecule has 0 amide bonds. The SMILES string of the molecule is CCOc1ccc2[nH]c(C(=O)O)c(CNS(C)(=O)=O)c2c1. The first-order valence-electron chi connectivity index (χ1n) is 6.27. The van der Waals surface area contributed by atoms with E-state index in [1.54, 1.807) is 18.2 Å². The van der Waals surface area contributed by atoms with Crippen LogP contribution in [0.3, 0.4) is 0 Å². The largest absolute Gasteiger partial charge is 0.494 e. The molecule has 0 spiro atoms. The van der Waals surface area contributed by atoms with Gasteiger partial charge in [0.1, 0.15) is 11.4 Å². The molecule has 0 radical (unpaired) electrons. The molecule has 114 valence electrons. The molecule has 2 rings (SSSR count). The lowest BCUT2D eigenvalue weighted by atomic mass is 10.1. The summed E-state index contributed by atoms with van der Waals surface area (Å²) in [6.45, 7) is 2.23. The van der Waals surface area contributed by atoms with Crippen LogP contribution in [0.4, 0.5) is 0 Å². The molecule has 7 nitrogen and oxygen atoms in total. The molecule has 0 atom stereocenters. The second kappa shape index (κ2) is 5.74. The molecule has 0 saturated carbocycles. The van der Waals surface area contributed by atoms with Gasteiger partial charge in [0.2, 0.25) is 10.0 Å². The molecule has 2 aromatic rings. The Bertz CT molecular complexity index is 779. The van der Waals surface area contributed by atoms with Crippen molar-refractivity contribution in [2.45, 2.75) is 13.5 Å². The standard InChI is InChI=1S/C13H16N2O5S/c1-3-20-8-4-5-11-9(6-8)10(7-14-21(2,18)19)12(15-11)13(16)17/h4-6,14-15H,3,7H2,1-2H3,(H,16,17). The zero-order chi connectivity index (χ0) is 15.6. The van der Waals surface area contributed by atoms with Crippen molar-refractivity contribution in [2.24, 2.45) is 0 Å². The second-order valence-electron chi connectivity index (χ2n) is 4.52. The number of carbonyl (C=O) groups is 1. The van der Waals surface area contributed by atoms with Gasteiger partial charge in [0, 0.05) is 23.0 Å². The maximum Gasteiger partial charge on any atom is 0.352 e. The number of aromatic carboxylic acids is 1. The summed E-state index contributed by atoms with van der Waals surface area (Å²) in [6.07, 6.45) is 1.02. The van der Waals surface area contributed by atoms with Crippen molar-refractivity contribution in [1.29, 1.82) is 0 Å². The Morgan fingerprint density at radius 2 is 2.14 bits per heavy atom. The van der Waals surface area contributed by atoms with Crippen LogP contribution < -0.4 is 9.46 Å². The fourth-order valence-electron chi connectivity index (χ4n) is 2.05. The van der Waals surface area contributed by atoms with Crippen molar-refractivity contribution in [3.63, 3.8) is 0 Å². The number of aromatic amines is 1. The zero-order valence-corrected chi connectivity index (χ0v) is 12.5. The summed E-state index contributed by atoms with van der Waals surface area (Å²) in [7, 11) is -3.42. The third kappa shape index (κ3) is 3.53. The lowest BCUT2D eigenvalue weighted by Gasteiger charge is -2.05. The van der Waals surface area contributed by atoms with E-state index in [0.717, 1.165) is 6.26 Å². The maximum atomic E-state index is 11.3. The smallest absolute Gasteiger partial charge is 0.352 e. The van der Waals surface area contributed by atoms with E-state index in [9.17, 15) is 18.3 Å². The number of fused-ring (bicyclic) bond motifs is 1. The van der Waals surface area contributed by atoms with Crippen LogP contribution in [0.5, 0.6) is 5.75 Å². The molecular formula is C13H16N2O5S. The van der Waals surface area contributed by atoms with Gasteiger partial charge < -0.3 is 14.8 Å². The van der Waals surface area contributed by atoms with E-state index in [2.05, 4.69) is 9.71 Å². The first-order chi connectivity index (χ1) is 9.81. The molecule has 8 heteroatoms. The summed E-state index contributed by atoms with van der Waals surface area (Å²) >= 11 is 0. The molecule has 0 aliphatic heterocycles. The minimum absolute atomic E-state index is 0.0326. The molecule has 0 aliphatic carbocycles. The number of nitrogens with one attached hydrogen (secondary N) is 2. The summed E-state index contributed by atoms with van der Waals surface area (Å²) in [6, 6.07) is 5.12. The number of aromatic nitrogens is 1. The highest BCUT2D eigenvalue weighted by molar-refractivity contribution is 7.88. The number of carboxylic acids is 1. The van der Waals surface area contributed by atoms with Crippen LogP contribution in [-0.2, 0) is 16.6 Å². The monoisotopic (exact) mass is 312 g/mol. The van der Waals surface area contributed by atoms with Gasteiger partial charge in [0.05, 0.1) is 12.9 Å². The average Bonchev–Trinajstić information content (AvgIpc) is 2.74. The number of benzene rings is 1. The Labute approximate surface area is 122 Å². The molecule has 0 bridgehead atoms. The van der Waals surface area contributed by atoms with Gasteiger partial charge in [-0.1, -0.05) is 0 Å². The Hall–Kier alpha value is -2.06. The summed E-state index contributed by atoms with van der Waals surface area (Å²) < 4.78 is 30.1. The van der Waals surface area contributed by atoms with Crippen LogP contribution >= 0.6 is 0 Å². The van der Waals surface area contributed by atoms with Crippen molar-refractivity contribution in [1.82, 2.24) is 9.71 Å². The normalized spacial score (nSPS) is 11.7. The van der Waals surface area contributed by atoms with Crippen LogP contribution in [0.15, 0.2) is 18.2 Å². The summed E-state index contributed by atoms with van der Waals surface area (Å²) in [5, 5.41) is 9.85. The molecule has 21 heavy (non-hydrogen) atoms. The number of rotatable bonds is 6. The van der Waals surface area contributed by atoms with E-state index < -0.39 is 16.0 Å². The number of hydrogen-bond donors (Lipinski definition) is 3. The lowest BCUT2D eigenvalue weighted by molar-refractivity contribution is 0.0690. The molecule has 0 unspecified atom stereocenters. The van der Waals surface area contributed by atoms with E-state index >= 15 is 0 Å². The number of H-pyrrole nitrogens is 1. The van der Waals surface area contributed by atoms with Gasteiger partial charge in [-0.15, -0.1) is 0 Å². The number of carboxylic acid groups (broad SMARTS) is 1. The Morgan fingerprint density at radius 1 is 1.43 bits per heavy atom. The highest BCUT2D eigenvalue weighted by atomic mass is 32.2. The van der Waals surface area contributed by atoms with Crippen molar-refractivity contribution >= 4 is 26.9 Å². The summed E-state index contributed by atoms with van der Waals surface area (Å²) in [4.78, 5) is 14.1. The predicted octanol–water partition coefficient (Wildman–Crippen LogP) is 1.31. The number of ether oxygens (including phenoxy) is 1. The first-order valence-corrected chi connectivity index (χ1v) is 8.16. The van der Waals surface area contributed by atoms with Crippen LogP contribution in [0.2, 0.25) is 0 Å². The van der Waals surface area contributed by atoms with Crippen LogP contribution in [0.1, 0.15) is 23.0 Å².